The van der Waals surface area contributed by atoms with Crippen LogP contribution in [0.25, 0.3) is 0 Å². The zero-order valence-corrected chi connectivity index (χ0v) is 10.9. The minimum Gasteiger partial charge on any atom is -0.393 e. The summed E-state index contributed by atoms with van der Waals surface area (Å²) in [7, 11) is 0. The molecule has 6 heteroatoms. The first-order chi connectivity index (χ1) is 8.34. The van der Waals surface area contributed by atoms with Crippen molar-refractivity contribution in [3.05, 3.63) is 29.8 Å². The molecule has 18 heavy (non-hydrogen) atoms. The van der Waals surface area contributed by atoms with E-state index in [0.29, 0.717) is 0 Å². The summed E-state index contributed by atoms with van der Waals surface area (Å²) in [6.07, 6.45) is 0. The fourth-order valence-corrected chi connectivity index (χ4v) is 1.95. The molecule has 1 amide bonds. The van der Waals surface area contributed by atoms with Gasteiger partial charge in [-0.2, -0.15) is 0 Å². The summed E-state index contributed by atoms with van der Waals surface area (Å²) >= 11 is 4.79. The molecular formula is C12H14F2N2OS. The molecular weight excluding hydrogens is 258 g/mol. The third-order valence-corrected chi connectivity index (χ3v) is 2.72. The van der Waals surface area contributed by atoms with E-state index in [-0.39, 0.29) is 16.6 Å². The topological polar surface area (TPSA) is 55.1 Å². The molecule has 0 aliphatic carbocycles. The lowest BCUT2D eigenvalue weighted by Gasteiger charge is -2.19. The molecule has 0 saturated heterocycles. The van der Waals surface area contributed by atoms with Gasteiger partial charge in [0, 0.05) is 0 Å². The molecule has 1 aromatic rings. The molecule has 0 saturated carbocycles. The third kappa shape index (κ3) is 3.22. The van der Waals surface area contributed by atoms with E-state index in [4.69, 9.17) is 18.0 Å². The molecule has 0 bridgehead atoms. The first kappa shape index (κ1) is 14.5. The van der Waals surface area contributed by atoms with E-state index < -0.39 is 23.5 Å². The fourth-order valence-electron chi connectivity index (χ4n) is 1.57. The Balaban J connectivity index is 2.93. The highest BCUT2D eigenvalue weighted by Crippen LogP contribution is 2.19. The number of nitrogens with one attached hydrogen (secondary N) is 1. The summed E-state index contributed by atoms with van der Waals surface area (Å²) in [5.74, 6) is -3.51. The van der Waals surface area contributed by atoms with Gasteiger partial charge in [-0.05, 0) is 18.1 Å². The smallest absolute Gasteiger partial charge is 0.234 e. The molecule has 0 spiro atoms. The Bertz CT molecular complexity index is 477. The molecule has 3 N–H and O–H groups in total. The molecule has 0 aliphatic heterocycles. The number of benzene rings is 1. The second-order valence-electron chi connectivity index (χ2n) is 4.21. The van der Waals surface area contributed by atoms with E-state index in [2.05, 4.69) is 5.32 Å². The largest absolute Gasteiger partial charge is 0.393 e. The first-order valence-corrected chi connectivity index (χ1v) is 5.79. The Morgan fingerprint density at radius 2 is 2.00 bits per heavy atom. The zero-order valence-electron chi connectivity index (χ0n) is 10.0. The highest BCUT2D eigenvalue weighted by Gasteiger charge is 2.25. The normalized spacial score (nSPS) is 12.3. The number of hydrogen-bond donors (Lipinski definition) is 2. The molecule has 0 fully saturated rings. The van der Waals surface area contributed by atoms with Crippen molar-refractivity contribution in [3.63, 3.8) is 0 Å². The van der Waals surface area contributed by atoms with Crippen molar-refractivity contribution in [1.82, 2.24) is 0 Å². The average Bonchev–Trinajstić information content (AvgIpc) is 2.23. The highest BCUT2D eigenvalue weighted by molar-refractivity contribution is 7.80. The average molecular weight is 272 g/mol. The van der Waals surface area contributed by atoms with Crippen LogP contribution in [0.5, 0.6) is 0 Å². The maximum Gasteiger partial charge on any atom is 0.234 e. The van der Waals surface area contributed by atoms with Gasteiger partial charge in [-0.25, -0.2) is 8.78 Å². The van der Waals surface area contributed by atoms with E-state index in [0.717, 1.165) is 6.07 Å². The van der Waals surface area contributed by atoms with E-state index >= 15 is 0 Å². The van der Waals surface area contributed by atoms with Gasteiger partial charge in [0.05, 0.1) is 16.6 Å². The number of anilines is 1. The lowest BCUT2D eigenvalue weighted by atomic mass is 9.95. The van der Waals surface area contributed by atoms with Crippen LogP contribution >= 0.6 is 12.2 Å². The molecule has 0 aliphatic rings. The molecule has 1 atom stereocenters. The predicted octanol–water partition coefficient (Wildman–Crippen LogP) is 2.46. The Hall–Kier alpha value is -1.56. The molecule has 1 aromatic carbocycles. The summed E-state index contributed by atoms with van der Waals surface area (Å²) in [6.45, 7) is 3.54. The van der Waals surface area contributed by atoms with Gasteiger partial charge in [0.2, 0.25) is 5.91 Å². The zero-order chi connectivity index (χ0) is 13.9. The second kappa shape index (κ2) is 5.86. The number of amides is 1. The predicted molar refractivity (Wildman–Crippen MR) is 70.1 cm³/mol. The van der Waals surface area contributed by atoms with Crippen LogP contribution in [0.1, 0.15) is 13.8 Å². The van der Waals surface area contributed by atoms with Crippen LogP contribution < -0.4 is 11.1 Å². The molecule has 3 nitrogen and oxygen atoms in total. The first-order valence-electron chi connectivity index (χ1n) is 5.38. The van der Waals surface area contributed by atoms with E-state index in [1.165, 1.54) is 12.1 Å². The van der Waals surface area contributed by atoms with Crippen LogP contribution in [0.15, 0.2) is 18.2 Å². The Labute approximate surface area is 109 Å². The van der Waals surface area contributed by atoms with E-state index in [1.807, 2.05) is 0 Å². The number of rotatable bonds is 4. The standard InChI is InChI=1S/C12H14F2N2OS/c1-6(2)9(11(15)18)12(17)16-8-5-3-4-7(13)10(8)14/h3-6,9H,1-2H3,(H2,15,18)(H,16,17). The van der Waals surface area contributed by atoms with E-state index in [1.54, 1.807) is 13.8 Å². The summed E-state index contributed by atoms with van der Waals surface area (Å²) < 4.78 is 26.3. The van der Waals surface area contributed by atoms with Crippen LogP contribution in [-0.4, -0.2) is 10.9 Å². The maximum atomic E-state index is 13.4. The monoisotopic (exact) mass is 272 g/mol. The SMILES string of the molecule is CC(C)C(C(=O)Nc1cccc(F)c1F)C(N)=S. The van der Waals surface area contributed by atoms with Crippen molar-refractivity contribution in [2.45, 2.75) is 13.8 Å². The molecule has 0 heterocycles. The highest BCUT2D eigenvalue weighted by atomic mass is 32.1. The van der Waals surface area contributed by atoms with Gasteiger partial charge >= 0.3 is 0 Å². The Morgan fingerprint density at radius 3 is 2.50 bits per heavy atom. The molecule has 0 radical (unpaired) electrons. The van der Waals surface area contributed by atoms with Crippen LogP contribution in [0, 0.1) is 23.5 Å². The van der Waals surface area contributed by atoms with Crippen molar-refractivity contribution in [2.75, 3.05) is 5.32 Å². The van der Waals surface area contributed by atoms with Crippen LogP contribution in [0.2, 0.25) is 0 Å². The van der Waals surface area contributed by atoms with Crippen molar-refractivity contribution in [2.24, 2.45) is 17.6 Å². The summed E-state index contributed by atoms with van der Waals surface area (Å²) in [5.41, 5.74) is 5.24. The van der Waals surface area contributed by atoms with Gasteiger partial charge in [-0.1, -0.05) is 32.1 Å². The number of carbonyl (C=O) groups excluding carboxylic acids is 1. The number of nitrogens with two attached hydrogens (primary N) is 1. The number of carbonyl (C=O) groups is 1. The van der Waals surface area contributed by atoms with Gasteiger partial charge in [-0.3, -0.25) is 4.79 Å². The lowest BCUT2D eigenvalue weighted by Crippen LogP contribution is -2.37. The number of thiocarbonyl (C=S) groups is 1. The van der Waals surface area contributed by atoms with Crippen LogP contribution in [0.3, 0.4) is 0 Å². The fraction of sp³-hybridized carbons (Fsp3) is 0.333. The van der Waals surface area contributed by atoms with E-state index in [9.17, 15) is 13.6 Å². The van der Waals surface area contributed by atoms with Gasteiger partial charge in [0.15, 0.2) is 11.6 Å². The Kier molecular flexibility index (Phi) is 4.72. The number of hydrogen-bond acceptors (Lipinski definition) is 2. The summed E-state index contributed by atoms with van der Waals surface area (Å²) in [5, 5.41) is 2.29. The van der Waals surface area contributed by atoms with Crippen molar-refractivity contribution in [3.8, 4) is 0 Å². The molecule has 1 unspecified atom stereocenters. The minimum atomic E-state index is -1.10. The van der Waals surface area contributed by atoms with Crippen LogP contribution in [0.4, 0.5) is 14.5 Å². The molecule has 0 aromatic heterocycles. The summed E-state index contributed by atoms with van der Waals surface area (Å²) in [4.78, 5) is 11.9. The van der Waals surface area contributed by atoms with Crippen molar-refractivity contribution in [1.29, 1.82) is 0 Å². The quantitative estimate of drug-likeness (QED) is 0.828. The maximum absolute atomic E-state index is 13.4. The second-order valence-corrected chi connectivity index (χ2v) is 4.69. The van der Waals surface area contributed by atoms with Crippen molar-refractivity contribution < 1.29 is 13.6 Å². The minimum absolute atomic E-state index is 0.0271. The van der Waals surface area contributed by atoms with Gasteiger partial charge in [0.25, 0.3) is 0 Å². The molecule has 1 rings (SSSR count). The van der Waals surface area contributed by atoms with Gasteiger partial charge in [-0.15, -0.1) is 0 Å². The molecule has 98 valence electrons. The number of halogens is 2. The van der Waals surface area contributed by atoms with Crippen molar-refractivity contribution >= 4 is 28.8 Å². The van der Waals surface area contributed by atoms with Crippen LogP contribution in [-0.2, 0) is 4.79 Å². The summed E-state index contributed by atoms with van der Waals surface area (Å²) in [6, 6.07) is 3.55. The third-order valence-electron chi connectivity index (χ3n) is 2.47. The van der Waals surface area contributed by atoms with Gasteiger partial charge < -0.3 is 11.1 Å². The lowest BCUT2D eigenvalue weighted by molar-refractivity contribution is -0.118. The van der Waals surface area contributed by atoms with Gasteiger partial charge in [0.1, 0.15) is 0 Å². The Morgan fingerprint density at radius 1 is 1.39 bits per heavy atom.